The number of hydrogen-bond donors (Lipinski definition) is 3. The highest BCUT2D eigenvalue weighted by atomic mass is 16.2. The first-order chi connectivity index (χ1) is 13.2. The first-order valence-electron chi connectivity index (χ1n) is 8.40. The molecule has 0 spiro atoms. The lowest BCUT2D eigenvalue weighted by Crippen LogP contribution is -2.14. The van der Waals surface area contributed by atoms with Crippen LogP contribution in [0.2, 0.25) is 0 Å². The van der Waals surface area contributed by atoms with Crippen LogP contribution in [0.1, 0.15) is 20.7 Å². The molecule has 3 N–H and O–H groups in total. The average molecular weight is 356 g/mol. The molecule has 0 fully saturated rings. The summed E-state index contributed by atoms with van der Waals surface area (Å²) in [5.41, 5.74) is 3.14. The van der Waals surface area contributed by atoms with Crippen molar-refractivity contribution in [2.75, 3.05) is 10.6 Å². The van der Waals surface area contributed by atoms with Gasteiger partial charge in [0.1, 0.15) is 0 Å². The van der Waals surface area contributed by atoms with Crippen LogP contribution in [0.5, 0.6) is 0 Å². The van der Waals surface area contributed by atoms with E-state index in [4.69, 9.17) is 0 Å². The minimum Gasteiger partial charge on any atom is -0.322 e. The van der Waals surface area contributed by atoms with Crippen LogP contribution in [-0.2, 0) is 0 Å². The van der Waals surface area contributed by atoms with Crippen molar-refractivity contribution in [1.29, 1.82) is 0 Å². The molecule has 27 heavy (non-hydrogen) atoms. The quantitative estimate of drug-likeness (QED) is 0.515. The number of nitrogens with one attached hydrogen (secondary N) is 3. The van der Waals surface area contributed by atoms with Gasteiger partial charge in [0.25, 0.3) is 11.8 Å². The molecule has 0 bridgehead atoms. The summed E-state index contributed by atoms with van der Waals surface area (Å²) in [5, 5.41) is 13.4. The van der Waals surface area contributed by atoms with Gasteiger partial charge in [-0.3, -0.25) is 14.7 Å². The summed E-state index contributed by atoms with van der Waals surface area (Å²) in [6, 6.07) is 21.2. The Hall–Kier alpha value is -3.93. The maximum Gasteiger partial charge on any atom is 0.255 e. The van der Waals surface area contributed by atoms with Crippen molar-refractivity contribution in [1.82, 2.24) is 10.2 Å². The Labute approximate surface area is 155 Å². The van der Waals surface area contributed by atoms with Crippen molar-refractivity contribution >= 4 is 34.1 Å². The second-order valence-corrected chi connectivity index (χ2v) is 6.03. The van der Waals surface area contributed by atoms with E-state index < -0.39 is 0 Å². The zero-order valence-electron chi connectivity index (χ0n) is 14.3. The number of rotatable bonds is 4. The van der Waals surface area contributed by atoms with Crippen LogP contribution >= 0.6 is 0 Å². The molecule has 3 aromatic carbocycles. The molecule has 1 aromatic heterocycles. The number of fused-ring (bicyclic) bond motifs is 1. The van der Waals surface area contributed by atoms with E-state index in [2.05, 4.69) is 20.8 Å². The first kappa shape index (κ1) is 16.5. The number of nitrogens with zero attached hydrogens (tertiary/aromatic N) is 1. The molecule has 6 nitrogen and oxygen atoms in total. The van der Waals surface area contributed by atoms with Crippen LogP contribution in [0.15, 0.2) is 79.0 Å². The van der Waals surface area contributed by atoms with Gasteiger partial charge in [-0.1, -0.05) is 24.3 Å². The highest BCUT2D eigenvalue weighted by Gasteiger charge is 2.10. The lowest BCUT2D eigenvalue weighted by Gasteiger charge is -2.09. The SMILES string of the molecule is O=C(Nc1cccc(C(=O)Nc2ccc3[nH]ncc3c2)c1)c1ccccc1. The molecule has 6 heteroatoms. The highest BCUT2D eigenvalue weighted by molar-refractivity contribution is 6.07. The predicted octanol–water partition coefficient (Wildman–Crippen LogP) is 4.07. The molecule has 2 amide bonds. The van der Waals surface area contributed by atoms with Crippen LogP contribution in [0.3, 0.4) is 0 Å². The summed E-state index contributed by atoms with van der Waals surface area (Å²) >= 11 is 0. The highest BCUT2D eigenvalue weighted by Crippen LogP contribution is 2.18. The smallest absolute Gasteiger partial charge is 0.255 e. The topological polar surface area (TPSA) is 86.9 Å². The number of anilines is 2. The molecule has 132 valence electrons. The fourth-order valence-corrected chi connectivity index (χ4v) is 2.75. The molecule has 0 saturated heterocycles. The van der Waals surface area contributed by atoms with Gasteiger partial charge in [0.15, 0.2) is 0 Å². The van der Waals surface area contributed by atoms with Crippen LogP contribution in [-0.4, -0.2) is 22.0 Å². The second-order valence-electron chi connectivity index (χ2n) is 6.03. The lowest BCUT2D eigenvalue weighted by molar-refractivity contribution is 0.101. The fraction of sp³-hybridized carbons (Fsp3) is 0. The minimum atomic E-state index is -0.256. The zero-order chi connectivity index (χ0) is 18.6. The van der Waals surface area contributed by atoms with E-state index in [-0.39, 0.29) is 11.8 Å². The predicted molar refractivity (Wildman–Crippen MR) is 105 cm³/mol. The largest absolute Gasteiger partial charge is 0.322 e. The Morgan fingerprint density at radius 1 is 0.741 bits per heavy atom. The van der Waals surface area contributed by atoms with Gasteiger partial charge in [0, 0.05) is 27.9 Å². The molecule has 4 rings (SSSR count). The summed E-state index contributed by atoms with van der Waals surface area (Å²) in [6.45, 7) is 0. The van der Waals surface area contributed by atoms with Gasteiger partial charge in [0.05, 0.1) is 11.7 Å². The maximum absolute atomic E-state index is 12.5. The van der Waals surface area contributed by atoms with E-state index in [0.717, 1.165) is 10.9 Å². The lowest BCUT2D eigenvalue weighted by atomic mass is 10.1. The summed E-state index contributed by atoms with van der Waals surface area (Å²) < 4.78 is 0. The molecule has 0 aliphatic heterocycles. The zero-order valence-corrected chi connectivity index (χ0v) is 14.3. The number of aromatic amines is 1. The number of carbonyl (C=O) groups is 2. The Bertz CT molecular complexity index is 1120. The Balaban J connectivity index is 1.49. The Morgan fingerprint density at radius 2 is 1.44 bits per heavy atom. The van der Waals surface area contributed by atoms with Crippen LogP contribution < -0.4 is 10.6 Å². The van der Waals surface area contributed by atoms with Gasteiger partial charge >= 0.3 is 0 Å². The van der Waals surface area contributed by atoms with Crippen molar-refractivity contribution in [3.8, 4) is 0 Å². The molecule has 1 heterocycles. The average Bonchev–Trinajstić information content (AvgIpc) is 3.16. The number of H-pyrrole nitrogens is 1. The van der Waals surface area contributed by atoms with Crippen molar-refractivity contribution in [2.45, 2.75) is 0 Å². The van der Waals surface area contributed by atoms with Crippen molar-refractivity contribution < 1.29 is 9.59 Å². The van der Waals surface area contributed by atoms with E-state index in [1.54, 1.807) is 60.8 Å². The third-order valence-corrected chi connectivity index (χ3v) is 4.12. The first-order valence-corrected chi connectivity index (χ1v) is 8.40. The molecule has 0 atom stereocenters. The summed E-state index contributed by atoms with van der Waals surface area (Å²) in [7, 11) is 0. The molecule has 4 aromatic rings. The number of carbonyl (C=O) groups excluding carboxylic acids is 2. The standard InChI is InChI=1S/C21H16N4O2/c26-20(14-5-2-1-3-6-14)23-17-8-4-7-15(11-17)21(27)24-18-9-10-19-16(12-18)13-22-25-19/h1-13H,(H,22,25)(H,23,26)(H,24,27). The van der Waals surface area contributed by atoms with E-state index in [9.17, 15) is 9.59 Å². The third-order valence-electron chi connectivity index (χ3n) is 4.12. The number of aromatic nitrogens is 2. The van der Waals surface area contributed by atoms with E-state index in [1.807, 2.05) is 18.2 Å². The van der Waals surface area contributed by atoms with E-state index in [0.29, 0.717) is 22.5 Å². The molecular formula is C21H16N4O2. The van der Waals surface area contributed by atoms with Crippen molar-refractivity contribution in [3.63, 3.8) is 0 Å². The molecule has 0 saturated carbocycles. The molecular weight excluding hydrogens is 340 g/mol. The monoisotopic (exact) mass is 356 g/mol. The third kappa shape index (κ3) is 3.69. The van der Waals surface area contributed by atoms with Crippen molar-refractivity contribution in [3.05, 3.63) is 90.1 Å². The maximum atomic E-state index is 12.5. The number of amides is 2. The Morgan fingerprint density at radius 3 is 2.26 bits per heavy atom. The van der Waals surface area contributed by atoms with Crippen LogP contribution in [0.4, 0.5) is 11.4 Å². The van der Waals surface area contributed by atoms with Gasteiger partial charge in [0.2, 0.25) is 0 Å². The van der Waals surface area contributed by atoms with Gasteiger partial charge in [-0.15, -0.1) is 0 Å². The van der Waals surface area contributed by atoms with Gasteiger partial charge < -0.3 is 10.6 Å². The summed E-state index contributed by atoms with van der Waals surface area (Å²) in [4.78, 5) is 24.8. The second kappa shape index (κ2) is 7.13. The van der Waals surface area contributed by atoms with Gasteiger partial charge in [-0.25, -0.2) is 0 Å². The number of hydrogen-bond acceptors (Lipinski definition) is 3. The minimum absolute atomic E-state index is 0.224. The van der Waals surface area contributed by atoms with Gasteiger partial charge in [-0.05, 0) is 48.5 Å². The Kier molecular flexibility index (Phi) is 4.37. The number of benzene rings is 3. The van der Waals surface area contributed by atoms with E-state index >= 15 is 0 Å². The normalized spacial score (nSPS) is 10.5. The molecule has 0 aliphatic carbocycles. The van der Waals surface area contributed by atoms with E-state index in [1.165, 1.54) is 0 Å². The van der Waals surface area contributed by atoms with Crippen LogP contribution in [0, 0.1) is 0 Å². The van der Waals surface area contributed by atoms with Crippen molar-refractivity contribution in [2.24, 2.45) is 0 Å². The van der Waals surface area contributed by atoms with Crippen LogP contribution in [0.25, 0.3) is 10.9 Å². The summed E-state index contributed by atoms with van der Waals surface area (Å²) in [5.74, 6) is -0.479. The fourth-order valence-electron chi connectivity index (χ4n) is 2.75. The molecule has 0 unspecified atom stereocenters. The molecule has 0 radical (unpaired) electrons. The summed E-state index contributed by atoms with van der Waals surface area (Å²) in [6.07, 6.45) is 1.70. The molecule has 0 aliphatic rings. The van der Waals surface area contributed by atoms with Gasteiger partial charge in [-0.2, -0.15) is 5.10 Å².